The molecule has 13 aromatic carbocycles. The van der Waals surface area contributed by atoms with Gasteiger partial charge in [0.2, 0.25) is 17.9 Å². The Morgan fingerprint density at radius 3 is 1.17 bits per heavy atom. The van der Waals surface area contributed by atoms with Crippen LogP contribution in [0.25, 0.3) is 22.0 Å². The minimum absolute atomic E-state index is 0.175. The molecule has 0 aliphatic carbocycles. The zero-order valence-electron chi connectivity index (χ0n) is 74.1. The first kappa shape index (κ1) is 103. The smallest absolute Gasteiger partial charge is 0.223 e. The van der Waals surface area contributed by atoms with Gasteiger partial charge in [0.05, 0.1) is 7.11 Å². The number of benzene rings is 13. The number of fused-ring (bicyclic) bond motifs is 1. The molecule has 127 heavy (non-hydrogen) atoms. The third-order valence-electron chi connectivity index (χ3n) is 18.8. The number of pyridine rings is 3. The fourth-order valence-electron chi connectivity index (χ4n) is 11.9. The van der Waals surface area contributed by atoms with Crippen LogP contribution in [0.2, 0.25) is 32.3 Å². The number of hydrogen-bond acceptors (Lipinski definition) is 2. The van der Waals surface area contributed by atoms with Crippen molar-refractivity contribution in [3.05, 3.63) is 469 Å². The highest BCUT2D eigenvalue weighted by molar-refractivity contribution is 6.56. The van der Waals surface area contributed by atoms with Gasteiger partial charge >= 0.3 is 0 Å². The molecule has 2 unspecified atom stereocenters. The van der Waals surface area contributed by atoms with Crippen LogP contribution < -0.4 is 67.4 Å². The largest absolute Gasteiger partial charge is 0.497 e. The normalized spacial score (nSPS) is 10.4. The lowest BCUT2D eigenvalue weighted by Crippen LogP contribution is -2.39. The molecule has 0 fully saturated rings. The van der Waals surface area contributed by atoms with Gasteiger partial charge in [0.1, 0.15) is 72.9 Å². The van der Waals surface area contributed by atoms with Crippen molar-refractivity contribution in [2.24, 2.45) is 7.05 Å². The molecule has 21 heteroatoms. The molecule has 3 heterocycles. The van der Waals surface area contributed by atoms with Crippen LogP contribution >= 0.6 is 11.6 Å². The van der Waals surface area contributed by atoms with E-state index in [0.29, 0.717) is 11.3 Å². The van der Waals surface area contributed by atoms with E-state index in [1.807, 2.05) is 269 Å². The van der Waals surface area contributed by atoms with Gasteiger partial charge in [-0.1, -0.05) is 266 Å². The lowest BCUT2D eigenvalue weighted by Gasteiger charge is -2.26. The van der Waals surface area contributed by atoms with E-state index in [2.05, 4.69) is 136 Å². The van der Waals surface area contributed by atoms with Crippen LogP contribution in [0.3, 0.4) is 0 Å². The van der Waals surface area contributed by atoms with E-state index in [1.54, 1.807) is 81.6 Å². The van der Waals surface area contributed by atoms with E-state index in [1.165, 1.54) is 104 Å². The van der Waals surface area contributed by atoms with E-state index in [0.717, 1.165) is 62.7 Å². The Bertz CT molecular complexity index is 5530. The minimum Gasteiger partial charge on any atom is -0.497 e. The van der Waals surface area contributed by atoms with Crippen molar-refractivity contribution in [2.45, 2.75) is 79.5 Å². The number of methoxy groups -OCH3 is 1. The van der Waals surface area contributed by atoms with Crippen molar-refractivity contribution >= 4 is 117 Å². The molecule has 644 valence electrons. The molecule has 0 saturated heterocycles. The zero-order valence-corrected chi connectivity index (χ0v) is 74.9. The Morgan fingerprint density at radius 2 is 0.756 bits per heavy atom. The van der Waals surface area contributed by atoms with Crippen LogP contribution in [0, 0.1) is 47.6 Å². The molecule has 0 bridgehead atoms. The summed E-state index contributed by atoms with van der Waals surface area (Å²) in [5.74, 6) is -0.618. The van der Waals surface area contributed by atoms with Gasteiger partial charge in [0.15, 0.2) is 18.6 Å². The lowest BCUT2D eigenvalue weighted by molar-refractivity contribution is -0.885. The van der Waals surface area contributed by atoms with E-state index in [-0.39, 0.29) is 34.9 Å². The van der Waals surface area contributed by atoms with Crippen LogP contribution in [0.4, 0.5) is 36.4 Å². The van der Waals surface area contributed by atoms with Gasteiger partial charge in [-0.25, -0.2) is 80.5 Å². The lowest BCUT2D eigenvalue weighted by atomic mass is 9.58. The summed E-state index contributed by atoms with van der Waals surface area (Å²) in [6.07, 6.45) is 10.7. The van der Waals surface area contributed by atoms with Crippen LogP contribution in [0.15, 0.2) is 401 Å². The average molecular weight is 1710 g/mol. The number of hydrogen-bond donors (Lipinski definition) is 1. The fourth-order valence-corrected chi connectivity index (χ4v) is 12.1. The van der Waals surface area contributed by atoms with E-state index >= 15 is 0 Å². The van der Waals surface area contributed by atoms with Gasteiger partial charge in [-0.3, -0.25) is 64.9 Å². The van der Waals surface area contributed by atoms with Gasteiger partial charge in [-0.05, 0) is 97.8 Å². The highest BCUT2D eigenvalue weighted by atomic mass is 35.5. The Hall–Kier alpha value is -12.6. The third kappa shape index (κ3) is 42.8. The van der Waals surface area contributed by atoms with Gasteiger partial charge < -0.3 is 39.6 Å². The predicted octanol–water partition coefficient (Wildman–Crippen LogP) is 18.9. The Balaban J connectivity index is 0.000000218. The first-order valence-electron chi connectivity index (χ1n) is 41.7. The van der Waals surface area contributed by atoms with Crippen LogP contribution in [0.5, 0.6) is 5.75 Å². The zero-order chi connectivity index (χ0) is 91.8. The highest BCUT2D eigenvalue weighted by Gasteiger charge is 2.05. The molecule has 3 N–H and O–H groups in total. The minimum atomic E-state index is -0.534. The summed E-state index contributed by atoms with van der Waals surface area (Å²) in [5.41, 5.74) is 19.8. The molecule has 0 amide bonds. The quantitative estimate of drug-likeness (QED) is 0.0561. The maximum absolute atomic E-state index is 13.1. The number of quaternary nitrogens is 1. The maximum Gasteiger partial charge on any atom is 0.223 e. The summed E-state index contributed by atoms with van der Waals surface area (Å²) in [4.78, 5) is 5.02. The second kappa shape index (κ2) is 60.1. The first-order chi connectivity index (χ1) is 61.5. The standard InChI is InChI=1S/C15H15BFO.2C14H13BF.C12H12NO.C11H12N.C7H7BCl.C7H6BF2.2C7H7BF.C6H8N.C6H7N/c1-11(12-6-8-15(18-2)9-7-12)16-13-4-3-5-14(17)10-13;1-11-5-7-12(8-6-11)10-15-13-3-2-4-14(16)9-13;1-11(12-6-3-2-4-7-12)15-13-8-5-9-14(16)10-13;1-14-13-9-7-12(8-10-13)11-5-3-2-4-6-11;1-2-12-9-5-7-10-6-3-4-8-11(10)12;1-8-6-3-2-4-7(9)5-6;1-8-5-2-6(9)4-7(10)3-5;2*1-8-6-3-2-4-7(9)5-6;1-7-5-3-2-4-6-7;7-6-4-2-1-3-5-6/h3-11H,1-2H3;2-9H,10H2,1H3;2-11H,1H3;2-10H,1H3;3-9H,2H2,1H3;2-5H,1H3;2-4H,1H3;2*2-5H,1H3;2-6H,1H3;1-5H,7H2/q3*-1;2*+1;4*-1;+1;/p+1. The molecule has 0 saturated carbocycles. The number of ether oxygens (including phenoxy) is 1. The Morgan fingerprint density at radius 1 is 0.362 bits per heavy atom. The molecule has 0 spiro atoms. The van der Waals surface area contributed by atoms with Crippen LogP contribution in [-0.4, -0.2) is 65.2 Å². The SMILES string of the molecule is CC([B-]c1cccc(F)c1)c1ccccc1.CC[n+]1cccc2ccccc21.CO[n+]1ccc(-c2ccccc2)cc1.COc1ccc(C(C)[B-]c2cccc(F)c2)cc1.C[B-]c1cc(F)cc(F)c1.C[B-]c1cccc(Cl)c1.C[B-]c1cccc(F)c1.C[B-]c1cccc(F)c1.C[n+]1ccccc1.Cc1ccc(C[B-]c2cccc(F)c2)cc1.[NH3+]c1ccccc1. The maximum atomic E-state index is 13.1. The van der Waals surface area contributed by atoms with Crippen LogP contribution in [0.1, 0.15) is 54.7 Å². The van der Waals surface area contributed by atoms with Crippen molar-refractivity contribution in [1.82, 2.24) is 0 Å². The van der Waals surface area contributed by atoms with Crippen LogP contribution in [-0.2, 0) is 19.9 Å². The van der Waals surface area contributed by atoms with Crippen molar-refractivity contribution < 1.29 is 59.9 Å². The molecule has 2 atom stereocenters. The monoisotopic (exact) mass is 1710 g/mol. The molecule has 6 nitrogen and oxygen atoms in total. The molecule has 14 radical (unpaired) electrons. The van der Waals surface area contributed by atoms with E-state index in [4.69, 9.17) is 21.2 Å². The Labute approximate surface area is 759 Å². The summed E-state index contributed by atoms with van der Waals surface area (Å²) < 4.78 is 99.4. The fraction of sp³-hybridized carbons (Fsp3) is 0.142. The number of aromatic nitrogens is 3. The Kier molecular flexibility index (Phi) is 48.8. The second-order valence-corrected chi connectivity index (χ2v) is 29.0. The number of rotatable bonds is 17. The second-order valence-electron chi connectivity index (χ2n) is 28.6. The number of para-hydroxylation sites is 1. The van der Waals surface area contributed by atoms with Crippen molar-refractivity contribution in [3.8, 4) is 16.9 Å². The molecule has 16 rings (SSSR count). The molecule has 16 aromatic rings. The van der Waals surface area contributed by atoms with Crippen molar-refractivity contribution in [1.29, 1.82) is 0 Å². The summed E-state index contributed by atoms with van der Waals surface area (Å²) >= 11 is 5.70. The number of halogens is 8. The molecule has 3 aromatic heterocycles. The highest BCUT2D eigenvalue weighted by Crippen LogP contribution is 2.20. The summed E-state index contributed by atoms with van der Waals surface area (Å²) in [7, 11) is 18.8. The topological polar surface area (TPSA) is 57.7 Å². The molecular weight excluding hydrogens is 1610 g/mol. The van der Waals surface area contributed by atoms with E-state index in [9.17, 15) is 30.7 Å². The average Bonchev–Trinajstić information content (AvgIpc) is 0.818. The summed E-state index contributed by atoms with van der Waals surface area (Å²) in [6, 6.07) is 114. The van der Waals surface area contributed by atoms with Crippen molar-refractivity contribution in [2.75, 3.05) is 14.2 Å². The summed E-state index contributed by atoms with van der Waals surface area (Å²) in [5, 5.41) is 2.10. The predicted molar refractivity (Wildman–Crippen MR) is 523 cm³/mol. The molecule has 0 aliphatic heterocycles. The number of nitrogens with zero attached hydrogens (tertiary/aromatic N) is 3. The first-order valence-corrected chi connectivity index (χ1v) is 42.1. The van der Waals surface area contributed by atoms with Gasteiger partial charge in [-0.15, -0.1) is 36.4 Å². The van der Waals surface area contributed by atoms with Gasteiger partial charge in [0, 0.05) is 57.6 Å². The van der Waals surface area contributed by atoms with E-state index < -0.39 is 11.6 Å². The number of aryl methyl sites for hydroxylation is 3. The molecular formula is C106H108B7ClF7N4O2-3. The molecule has 0 aliphatic rings. The van der Waals surface area contributed by atoms with Gasteiger partial charge in [0.25, 0.3) is 0 Å². The summed E-state index contributed by atoms with van der Waals surface area (Å²) in [6.45, 7) is 16.9. The van der Waals surface area contributed by atoms with Gasteiger partial charge in [-0.2, -0.15) is 4.57 Å². The third-order valence-corrected chi connectivity index (χ3v) is 19.0. The van der Waals surface area contributed by atoms with Crippen molar-refractivity contribution in [3.63, 3.8) is 0 Å².